The van der Waals surface area contributed by atoms with E-state index in [-0.39, 0.29) is 17.8 Å². The fourth-order valence-electron chi connectivity index (χ4n) is 5.35. The monoisotopic (exact) mass is 514 g/mol. The molecule has 1 aromatic heterocycles. The van der Waals surface area contributed by atoms with Crippen LogP contribution in [0.15, 0.2) is 79.0 Å². The Kier molecular flexibility index (Phi) is 7.61. The van der Waals surface area contributed by atoms with E-state index in [2.05, 4.69) is 46.3 Å². The Morgan fingerprint density at radius 1 is 0.946 bits per heavy atom. The third-order valence-corrected chi connectivity index (χ3v) is 7.63. The minimum Gasteiger partial charge on any atom is -0.469 e. The van der Waals surface area contributed by atoms with Crippen molar-refractivity contribution in [1.82, 2.24) is 9.88 Å². The molecule has 1 saturated carbocycles. The van der Waals surface area contributed by atoms with Crippen LogP contribution in [-0.4, -0.2) is 30.1 Å². The van der Waals surface area contributed by atoms with Crippen LogP contribution in [0.1, 0.15) is 41.6 Å². The summed E-state index contributed by atoms with van der Waals surface area (Å²) in [6.45, 7) is 1.24. The number of aromatic nitrogens is 1. The van der Waals surface area contributed by atoms with Crippen LogP contribution in [0.5, 0.6) is 0 Å². The molecule has 0 unspecified atom stereocenters. The number of hydrogen-bond acceptors (Lipinski definition) is 3. The number of methoxy groups -OCH3 is 1. The zero-order valence-corrected chi connectivity index (χ0v) is 21.7. The topological polar surface area (TPSA) is 60.3 Å². The van der Waals surface area contributed by atoms with Gasteiger partial charge < -0.3 is 14.6 Å². The number of halogens is 1. The third-order valence-electron chi connectivity index (χ3n) is 7.42. The minimum atomic E-state index is -0.126. The van der Waals surface area contributed by atoms with Crippen LogP contribution < -0.4 is 5.32 Å². The molecule has 0 bridgehead atoms. The van der Waals surface area contributed by atoms with Crippen molar-refractivity contribution >= 4 is 34.4 Å². The maximum absolute atomic E-state index is 13.3. The number of carbonyl (C=O) groups is 2. The van der Waals surface area contributed by atoms with Gasteiger partial charge in [0.1, 0.15) is 0 Å². The molecular formula is C31H31ClN2O3. The molecular weight excluding hydrogens is 484 g/mol. The van der Waals surface area contributed by atoms with Crippen molar-refractivity contribution in [3.63, 3.8) is 0 Å². The molecule has 0 aliphatic heterocycles. The first-order valence-corrected chi connectivity index (χ1v) is 13.2. The van der Waals surface area contributed by atoms with Crippen LogP contribution in [0.2, 0.25) is 5.02 Å². The van der Waals surface area contributed by atoms with Crippen LogP contribution in [-0.2, 0) is 16.1 Å². The van der Waals surface area contributed by atoms with E-state index >= 15 is 0 Å². The van der Waals surface area contributed by atoms with E-state index in [1.54, 1.807) is 6.07 Å². The van der Waals surface area contributed by atoms with Crippen molar-refractivity contribution in [2.24, 2.45) is 11.8 Å². The van der Waals surface area contributed by atoms with Crippen LogP contribution in [0.4, 0.5) is 0 Å². The van der Waals surface area contributed by atoms with Crippen molar-refractivity contribution in [2.45, 2.75) is 32.2 Å². The normalized spacial score (nSPS) is 17.5. The van der Waals surface area contributed by atoms with E-state index < -0.39 is 0 Å². The van der Waals surface area contributed by atoms with Crippen LogP contribution >= 0.6 is 11.6 Å². The number of fused-ring (bicyclic) bond motifs is 1. The average Bonchev–Trinajstić information content (AvgIpc) is 3.34. The van der Waals surface area contributed by atoms with Gasteiger partial charge in [-0.15, -0.1) is 0 Å². The van der Waals surface area contributed by atoms with Gasteiger partial charge in [0.2, 0.25) is 0 Å². The van der Waals surface area contributed by atoms with E-state index in [1.165, 1.54) is 18.2 Å². The number of nitrogens with zero attached hydrogens (tertiary/aromatic N) is 1. The van der Waals surface area contributed by atoms with Crippen LogP contribution in [0, 0.1) is 11.8 Å². The second-order valence-electron chi connectivity index (χ2n) is 9.85. The molecule has 5 rings (SSSR count). The highest BCUT2D eigenvalue weighted by atomic mass is 35.5. The Morgan fingerprint density at radius 2 is 1.65 bits per heavy atom. The molecule has 1 N–H and O–H groups in total. The number of carbonyl (C=O) groups excluding carboxylic acids is 2. The predicted molar refractivity (Wildman–Crippen MR) is 148 cm³/mol. The number of ether oxygens (including phenoxy) is 1. The van der Waals surface area contributed by atoms with Gasteiger partial charge in [0, 0.05) is 29.7 Å². The van der Waals surface area contributed by atoms with Crippen molar-refractivity contribution in [3.05, 3.63) is 95.1 Å². The lowest BCUT2D eigenvalue weighted by atomic mass is 9.82. The first-order valence-electron chi connectivity index (χ1n) is 12.8. The molecule has 1 fully saturated rings. The molecule has 1 aliphatic carbocycles. The molecule has 1 aliphatic rings. The highest BCUT2D eigenvalue weighted by Gasteiger charge is 2.27. The summed E-state index contributed by atoms with van der Waals surface area (Å²) in [6, 6.07) is 24.5. The van der Waals surface area contributed by atoms with Gasteiger partial charge >= 0.3 is 5.97 Å². The van der Waals surface area contributed by atoms with Gasteiger partial charge in [-0.3, -0.25) is 9.59 Å². The van der Waals surface area contributed by atoms with Crippen LogP contribution in [0.25, 0.3) is 22.0 Å². The van der Waals surface area contributed by atoms with Gasteiger partial charge in [-0.25, -0.2) is 0 Å². The highest BCUT2D eigenvalue weighted by Crippen LogP contribution is 2.30. The first kappa shape index (κ1) is 25.1. The van der Waals surface area contributed by atoms with Gasteiger partial charge in [0.15, 0.2) is 0 Å². The van der Waals surface area contributed by atoms with Crippen LogP contribution in [0.3, 0.4) is 0 Å². The summed E-state index contributed by atoms with van der Waals surface area (Å²) in [7, 11) is 1.44. The Morgan fingerprint density at radius 3 is 2.35 bits per heavy atom. The summed E-state index contributed by atoms with van der Waals surface area (Å²) >= 11 is 6.39. The third kappa shape index (κ3) is 5.72. The first-order chi connectivity index (χ1) is 18.0. The largest absolute Gasteiger partial charge is 0.469 e. The van der Waals surface area contributed by atoms with E-state index in [9.17, 15) is 9.59 Å². The lowest BCUT2D eigenvalue weighted by Gasteiger charge is -2.27. The number of esters is 1. The fraction of sp³-hybridized carbons (Fsp3) is 0.290. The molecule has 5 nitrogen and oxygen atoms in total. The summed E-state index contributed by atoms with van der Waals surface area (Å²) in [4.78, 5) is 25.1. The molecule has 1 heterocycles. The zero-order chi connectivity index (χ0) is 25.8. The molecule has 0 atom stereocenters. The molecule has 6 heteroatoms. The number of amides is 1. The molecule has 4 aromatic rings. The molecule has 1 amide bonds. The number of hydrogen-bond donors (Lipinski definition) is 1. The molecule has 0 spiro atoms. The van der Waals surface area contributed by atoms with Crippen molar-refractivity contribution in [2.75, 3.05) is 13.7 Å². The van der Waals surface area contributed by atoms with E-state index in [1.807, 2.05) is 36.5 Å². The Labute approximate surface area is 222 Å². The predicted octanol–water partition coefficient (Wildman–Crippen LogP) is 6.72. The lowest BCUT2D eigenvalue weighted by molar-refractivity contribution is -0.146. The van der Waals surface area contributed by atoms with E-state index in [4.69, 9.17) is 16.3 Å². The van der Waals surface area contributed by atoms with Gasteiger partial charge in [0.25, 0.3) is 5.91 Å². The Hall–Kier alpha value is -3.57. The zero-order valence-electron chi connectivity index (χ0n) is 21.0. The fourth-order valence-corrected chi connectivity index (χ4v) is 5.58. The van der Waals surface area contributed by atoms with Crippen molar-refractivity contribution in [1.29, 1.82) is 0 Å². The summed E-state index contributed by atoms with van der Waals surface area (Å²) < 4.78 is 6.99. The summed E-state index contributed by atoms with van der Waals surface area (Å²) in [6.07, 6.45) is 5.43. The molecule has 0 saturated heterocycles. The van der Waals surface area contributed by atoms with E-state index in [0.717, 1.165) is 42.1 Å². The van der Waals surface area contributed by atoms with Crippen molar-refractivity contribution in [3.8, 4) is 11.1 Å². The molecule has 0 radical (unpaired) electrons. The number of rotatable bonds is 7. The maximum atomic E-state index is 13.3. The maximum Gasteiger partial charge on any atom is 0.308 e. The highest BCUT2D eigenvalue weighted by molar-refractivity contribution is 6.32. The van der Waals surface area contributed by atoms with Gasteiger partial charge in [0.05, 0.1) is 24.1 Å². The number of nitrogens with one attached hydrogen (secondary N) is 1. The SMILES string of the molecule is COC(=O)[C@H]1CC[C@H](CNC(=O)c2cc(Cl)cc3ccn(Cc4ccc(-c5ccccc5)cc4)c23)CC1. The summed E-state index contributed by atoms with van der Waals surface area (Å²) in [5, 5.41) is 4.61. The second-order valence-corrected chi connectivity index (χ2v) is 10.3. The summed E-state index contributed by atoms with van der Waals surface area (Å²) in [5.74, 6) is 0.0882. The van der Waals surface area contributed by atoms with Gasteiger partial charge in [-0.05, 0) is 66.5 Å². The average molecular weight is 515 g/mol. The summed E-state index contributed by atoms with van der Waals surface area (Å²) in [5.41, 5.74) is 4.97. The molecule has 190 valence electrons. The Bertz CT molecular complexity index is 1390. The molecule has 37 heavy (non-hydrogen) atoms. The smallest absolute Gasteiger partial charge is 0.308 e. The van der Waals surface area contributed by atoms with Gasteiger partial charge in [-0.2, -0.15) is 0 Å². The molecule has 3 aromatic carbocycles. The van der Waals surface area contributed by atoms with Gasteiger partial charge in [-0.1, -0.05) is 66.2 Å². The Balaban J connectivity index is 1.30. The second kappa shape index (κ2) is 11.2. The van der Waals surface area contributed by atoms with E-state index in [0.29, 0.717) is 29.6 Å². The quantitative estimate of drug-likeness (QED) is 0.278. The standard InChI is InChI=1S/C31H31ClN2O3/c1-37-31(36)25-13-7-21(8-14-25)19-33-30(35)28-18-27(32)17-26-15-16-34(29(26)28)20-22-9-11-24(12-10-22)23-5-3-2-4-6-23/h2-6,9-12,15-18,21,25H,7-8,13-14,19-20H2,1H3,(H,33,35)/t21-,25-. The number of benzene rings is 3. The minimum absolute atomic E-state index is 0.0189. The lowest BCUT2D eigenvalue weighted by Crippen LogP contribution is -2.33. The van der Waals surface area contributed by atoms with Crippen molar-refractivity contribution < 1.29 is 14.3 Å².